The number of carbonyl (C=O) groups excluding carboxylic acids is 1. The average Bonchev–Trinajstić information content (AvgIpc) is 2.55. The van der Waals surface area contributed by atoms with Crippen molar-refractivity contribution in [3.8, 4) is 11.5 Å². The molecule has 0 fully saturated rings. The van der Waals surface area contributed by atoms with E-state index in [1.54, 1.807) is 6.92 Å². The van der Waals surface area contributed by atoms with Crippen LogP contribution in [0.5, 0.6) is 11.5 Å². The first-order valence-corrected chi connectivity index (χ1v) is 8.96. The Bertz CT molecular complexity index is 975. The molecule has 0 spiro atoms. The highest BCUT2D eigenvalue weighted by molar-refractivity contribution is 7.89. The lowest BCUT2D eigenvalue weighted by Crippen LogP contribution is -2.16. The first-order valence-electron chi connectivity index (χ1n) is 7.42. The van der Waals surface area contributed by atoms with Crippen molar-refractivity contribution in [1.29, 1.82) is 0 Å². The molecule has 0 saturated heterocycles. The SMILES string of the molecule is CCOC(=O)c1cc(N)c(Oc2cccc(C(F)(F)F)c2)c(S(N)(=O)=O)c1. The van der Waals surface area contributed by atoms with Gasteiger partial charge in [0.05, 0.1) is 23.4 Å². The number of alkyl halides is 3. The number of nitrogens with two attached hydrogens (primary N) is 2. The third-order valence-electron chi connectivity index (χ3n) is 3.28. The van der Waals surface area contributed by atoms with Gasteiger partial charge in [0, 0.05) is 0 Å². The van der Waals surface area contributed by atoms with Crippen LogP contribution in [0.1, 0.15) is 22.8 Å². The van der Waals surface area contributed by atoms with E-state index in [1.807, 2.05) is 0 Å². The molecule has 0 aliphatic carbocycles. The van der Waals surface area contributed by atoms with Crippen molar-refractivity contribution < 1.29 is 35.9 Å². The minimum Gasteiger partial charge on any atom is -0.462 e. The number of ether oxygens (including phenoxy) is 2. The zero-order valence-corrected chi connectivity index (χ0v) is 14.7. The number of hydrogen-bond acceptors (Lipinski definition) is 6. The number of rotatable bonds is 5. The fourth-order valence-corrected chi connectivity index (χ4v) is 2.84. The van der Waals surface area contributed by atoms with Crippen molar-refractivity contribution in [1.82, 2.24) is 0 Å². The van der Waals surface area contributed by atoms with Gasteiger partial charge in [0.25, 0.3) is 0 Å². The van der Waals surface area contributed by atoms with E-state index >= 15 is 0 Å². The highest BCUT2D eigenvalue weighted by Gasteiger charge is 2.31. The zero-order valence-electron chi connectivity index (χ0n) is 13.9. The second-order valence-electron chi connectivity index (χ2n) is 5.29. The molecular formula is C16H15F3N2O5S. The Hall–Kier alpha value is -2.79. The monoisotopic (exact) mass is 404 g/mol. The van der Waals surface area contributed by atoms with Gasteiger partial charge in [-0.1, -0.05) is 6.07 Å². The normalized spacial score (nSPS) is 11.9. The van der Waals surface area contributed by atoms with Gasteiger partial charge in [-0.25, -0.2) is 18.4 Å². The largest absolute Gasteiger partial charge is 0.462 e. The maximum atomic E-state index is 12.8. The third-order valence-corrected chi connectivity index (χ3v) is 4.20. The van der Waals surface area contributed by atoms with Crippen LogP contribution in [0, 0.1) is 0 Å². The lowest BCUT2D eigenvalue weighted by atomic mass is 10.2. The van der Waals surface area contributed by atoms with Gasteiger partial charge in [-0.3, -0.25) is 0 Å². The smallest absolute Gasteiger partial charge is 0.416 e. The standard InChI is InChI=1S/C16H15F3N2O5S/c1-2-25-15(22)9-6-12(20)14(13(7-9)27(21,23)24)26-11-5-3-4-10(8-11)16(17,18)19/h3-8H,2,20H2,1H3,(H2,21,23,24). The number of anilines is 1. The van der Waals surface area contributed by atoms with Crippen LogP contribution in [0.25, 0.3) is 0 Å². The molecule has 0 aliphatic rings. The van der Waals surface area contributed by atoms with Gasteiger partial charge < -0.3 is 15.2 Å². The molecule has 0 heterocycles. The molecule has 0 amide bonds. The van der Waals surface area contributed by atoms with Crippen molar-refractivity contribution in [3.05, 3.63) is 47.5 Å². The van der Waals surface area contributed by atoms with Crippen LogP contribution < -0.4 is 15.6 Å². The van der Waals surface area contributed by atoms with Crippen molar-refractivity contribution >= 4 is 21.7 Å². The van der Waals surface area contributed by atoms with E-state index < -0.39 is 38.4 Å². The number of benzene rings is 2. The molecule has 2 rings (SSSR count). The fourth-order valence-electron chi connectivity index (χ4n) is 2.13. The van der Waals surface area contributed by atoms with E-state index in [2.05, 4.69) is 0 Å². The zero-order chi connectivity index (χ0) is 20.4. The molecule has 11 heteroatoms. The molecule has 146 valence electrons. The Morgan fingerprint density at radius 1 is 1.19 bits per heavy atom. The van der Waals surface area contributed by atoms with Gasteiger partial charge in [-0.2, -0.15) is 13.2 Å². The third kappa shape index (κ3) is 4.89. The van der Waals surface area contributed by atoms with Gasteiger partial charge in [-0.05, 0) is 37.3 Å². The number of sulfonamides is 1. The Morgan fingerprint density at radius 2 is 1.85 bits per heavy atom. The van der Waals surface area contributed by atoms with Crippen LogP contribution in [0.3, 0.4) is 0 Å². The number of esters is 1. The van der Waals surface area contributed by atoms with Crippen molar-refractivity contribution in [3.63, 3.8) is 0 Å². The molecule has 0 saturated carbocycles. The van der Waals surface area contributed by atoms with Crippen LogP contribution in [0.4, 0.5) is 18.9 Å². The number of hydrogen-bond donors (Lipinski definition) is 2. The van der Waals surface area contributed by atoms with E-state index in [4.69, 9.17) is 20.3 Å². The second kappa shape index (κ2) is 7.45. The maximum Gasteiger partial charge on any atom is 0.416 e. The predicted molar refractivity (Wildman–Crippen MR) is 89.7 cm³/mol. The van der Waals surface area contributed by atoms with E-state index in [0.29, 0.717) is 6.07 Å². The number of nitrogen functional groups attached to an aromatic ring is 1. The van der Waals surface area contributed by atoms with E-state index in [1.165, 1.54) is 6.07 Å². The fraction of sp³-hybridized carbons (Fsp3) is 0.188. The molecule has 27 heavy (non-hydrogen) atoms. The topological polar surface area (TPSA) is 122 Å². The first kappa shape index (κ1) is 20.5. The summed E-state index contributed by atoms with van der Waals surface area (Å²) in [5.41, 5.74) is 4.23. The number of primary sulfonamides is 1. The van der Waals surface area contributed by atoms with Crippen LogP contribution in [-0.4, -0.2) is 21.0 Å². The molecule has 7 nitrogen and oxygen atoms in total. The molecule has 0 bridgehead atoms. The Kier molecular flexibility index (Phi) is 5.66. The predicted octanol–water partition coefficient (Wildman–Crippen LogP) is 2.90. The van der Waals surface area contributed by atoms with Gasteiger partial charge in [0.2, 0.25) is 10.0 Å². The summed E-state index contributed by atoms with van der Waals surface area (Å²) in [4.78, 5) is 11.2. The molecule has 2 aromatic rings. The summed E-state index contributed by atoms with van der Waals surface area (Å²) in [6, 6.07) is 5.72. The van der Waals surface area contributed by atoms with Crippen LogP contribution in [0.2, 0.25) is 0 Å². The van der Waals surface area contributed by atoms with E-state index in [0.717, 1.165) is 24.3 Å². The molecule has 0 radical (unpaired) electrons. The first-order chi connectivity index (χ1) is 12.4. The molecule has 4 N–H and O–H groups in total. The van der Waals surface area contributed by atoms with Crippen LogP contribution in [-0.2, 0) is 20.9 Å². The van der Waals surface area contributed by atoms with Crippen molar-refractivity contribution in [2.75, 3.05) is 12.3 Å². The van der Waals surface area contributed by atoms with Crippen LogP contribution >= 0.6 is 0 Å². The highest BCUT2D eigenvalue weighted by Crippen LogP contribution is 2.37. The van der Waals surface area contributed by atoms with Gasteiger partial charge >= 0.3 is 12.1 Å². The lowest BCUT2D eigenvalue weighted by molar-refractivity contribution is -0.137. The Balaban J connectivity index is 2.55. The van der Waals surface area contributed by atoms with Gasteiger partial charge in [0.1, 0.15) is 10.6 Å². The summed E-state index contributed by atoms with van der Waals surface area (Å²) >= 11 is 0. The summed E-state index contributed by atoms with van der Waals surface area (Å²) in [5.74, 6) is -1.66. The summed E-state index contributed by atoms with van der Waals surface area (Å²) in [6.07, 6.45) is -4.62. The number of halogens is 3. The molecule has 0 aromatic heterocycles. The Labute approximate surface area is 152 Å². The van der Waals surface area contributed by atoms with Gasteiger partial charge in [-0.15, -0.1) is 0 Å². The summed E-state index contributed by atoms with van der Waals surface area (Å²) in [5, 5.41) is 5.13. The van der Waals surface area contributed by atoms with E-state index in [-0.39, 0.29) is 23.6 Å². The molecule has 0 aliphatic heterocycles. The molecule has 0 atom stereocenters. The van der Waals surface area contributed by atoms with Crippen LogP contribution in [0.15, 0.2) is 41.3 Å². The second-order valence-corrected chi connectivity index (χ2v) is 6.82. The van der Waals surface area contributed by atoms with Gasteiger partial charge in [0.15, 0.2) is 5.75 Å². The number of carbonyl (C=O) groups is 1. The summed E-state index contributed by atoms with van der Waals surface area (Å²) in [7, 11) is -4.42. The highest BCUT2D eigenvalue weighted by atomic mass is 32.2. The maximum absolute atomic E-state index is 12.8. The minimum absolute atomic E-state index is 0.0337. The average molecular weight is 404 g/mol. The molecular weight excluding hydrogens is 389 g/mol. The van der Waals surface area contributed by atoms with Crippen molar-refractivity contribution in [2.45, 2.75) is 18.0 Å². The lowest BCUT2D eigenvalue weighted by Gasteiger charge is -2.15. The Morgan fingerprint density at radius 3 is 2.41 bits per heavy atom. The molecule has 0 unspecified atom stereocenters. The summed E-state index contributed by atoms with van der Waals surface area (Å²) < 4.78 is 72.2. The van der Waals surface area contributed by atoms with E-state index in [9.17, 15) is 26.4 Å². The molecule has 2 aromatic carbocycles. The minimum atomic E-state index is -4.62. The quantitative estimate of drug-likeness (QED) is 0.584. The van der Waals surface area contributed by atoms with Crippen molar-refractivity contribution in [2.24, 2.45) is 5.14 Å². The summed E-state index contributed by atoms with van der Waals surface area (Å²) in [6.45, 7) is 1.58.